The Morgan fingerprint density at radius 3 is 3.20 bits per heavy atom. The first kappa shape index (κ1) is 13.5. The van der Waals surface area contributed by atoms with Crippen molar-refractivity contribution in [1.82, 2.24) is 25.4 Å². The van der Waals surface area contributed by atoms with Crippen molar-refractivity contribution in [3.8, 4) is 0 Å². The predicted octanol–water partition coefficient (Wildman–Crippen LogP) is -0.112. The molecule has 7 heteroatoms. The number of H-pyrrole nitrogens is 1. The van der Waals surface area contributed by atoms with E-state index in [2.05, 4.69) is 20.5 Å². The second kappa shape index (κ2) is 5.88. The van der Waals surface area contributed by atoms with Crippen LogP contribution in [0.2, 0.25) is 0 Å². The van der Waals surface area contributed by atoms with Crippen LogP contribution in [-0.4, -0.2) is 64.4 Å². The minimum atomic E-state index is -0.225. The number of nitrogens with zero attached hydrogens (tertiary/aromatic N) is 3. The van der Waals surface area contributed by atoms with Gasteiger partial charge in [0.2, 0.25) is 5.91 Å². The monoisotopic (exact) mass is 279 g/mol. The van der Waals surface area contributed by atoms with Crippen LogP contribution in [0.1, 0.15) is 31.5 Å². The number of amides is 1. The van der Waals surface area contributed by atoms with Gasteiger partial charge >= 0.3 is 0 Å². The predicted molar refractivity (Wildman–Crippen MR) is 72.1 cm³/mol. The summed E-state index contributed by atoms with van der Waals surface area (Å²) in [6.07, 6.45) is 3.50. The standard InChI is InChI=1S/C13H21N5O2/c1-9-11(14-4-6-20-9)13(19)18-5-2-3-10(7-18)12-15-8-16-17-12/h8-11,14H,2-7H2,1H3,(H,15,16,17)/t9-,10?,11+/m1/s1. The number of hydrogen-bond acceptors (Lipinski definition) is 5. The third kappa shape index (κ3) is 2.69. The van der Waals surface area contributed by atoms with Gasteiger partial charge in [0.25, 0.3) is 0 Å². The summed E-state index contributed by atoms with van der Waals surface area (Å²) in [5.74, 6) is 1.28. The van der Waals surface area contributed by atoms with Gasteiger partial charge < -0.3 is 15.0 Å². The molecular formula is C13H21N5O2. The SMILES string of the molecule is C[C@H]1OCCN[C@@H]1C(=O)N1CCCC(c2ncn[nH]2)C1. The molecule has 0 bridgehead atoms. The number of rotatable bonds is 2. The van der Waals surface area contributed by atoms with Gasteiger partial charge in [-0.25, -0.2) is 4.98 Å². The molecule has 2 fully saturated rings. The summed E-state index contributed by atoms with van der Waals surface area (Å²) in [5, 5.41) is 10.1. The average molecular weight is 279 g/mol. The molecule has 2 saturated heterocycles. The molecule has 0 spiro atoms. The van der Waals surface area contributed by atoms with Crippen LogP contribution in [0.15, 0.2) is 6.33 Å². The van der Waals surface area contributed by atoms with Crippen LogP contribution in [0.25, 0.3) is 0 Å². The lowest BCUT2D eigenvalue weighted by Crippen LogP contribution is -2.57. The van der Waals surface area contributed by atoms with Crippen molar-refractivity contribution >= 4 is 5.91 Å². The molecule has 1 unspecified atom stereocenters. The fourth-order valence-corrected chi connectivity index (χ4v) is 3.02. The van der Waals surface area contributed by atoms with E-state index in [1.807, 2.05) is 11.8 Å². The highest BCUT2D eigenvalue weighted by atomic mass is 16.5. The van der Waals surface area contributed by atoms with Crippen LogP contribution in [0, 0.1) is 0 Å². The first-order valence-corrected chi connectivity index (χ1v) is 7.24. The molecule has 110 valence electrons. The van der Waals surface area contributed by atoms with E-state index in [4.69, 9.17) is 4.74 Å². The van der Waals surface area contributed by atoms with E-state index in [0.717, 1.165) is 31.8 Å². The van der Waals surface area contributed by atoms with Gasteiger partial charge in [0, 0.05) is 25.6 Å². The number of nitrogens with one attached hydrogen (secondary N) is 2. The normalized spacial score (nSPS) is 31.2. The van der Waals surface area contributed by atoms with Crippen molar-refractivity contribution in [1.29, 1.82) is 0 Å². The van der Waals surface area contributed by atoms with Gasteiger partial charge in [0.1, 0.15) is 18.2 Å². The molecule has 3 atom stereocenters. The third-order valence-corrected chi connectivity index (χ3v) is 4.14. The Labute approximate surface area is 118 Å². The lowest BCUT2D eigenvalue weighted by Gasteiger charge is -2.37. The van der Waals surface area contributed by atoms with Crippen LogP contribution >= 0.6 is 0 Å². The quantitative estimate of drug-likeness (QED) is 0.789. The number of morpholine rings is 1. The molecule has 7 nitrogen and oxygen atoms in total. The van der Waals surface area contributed by atoms with Crippen molar-refractivity contribution in [2.24, 2.45) is 0 Å². The maximum atomic E-state index is 12.6. The molecule has 0 aromatic carbocycles. The Morgan fingerprint density at radius 1 is 1.55 bits per heavy atom. The van der Waals surface area contributed by atoms with E-state index in [1.54, 1.807) is 0 Å². The second-order valence-corrected chi connectivity index (χ2v) is 5.50. The maximum absolute atomic E-state index is 12.6. The van der Waals surface area contributed by atoms with Crippen molar-refractivity contribution in [2.75, 3.05) is 26.2 Å². The molecule has 1 aromatic heterocycles. The van der Waals surface area contributed by atoms with Crippen LogP contribution < -0.4 is 5.32 Å². The maximum Gasteiger partial charge on any atom is 0.242 e. The van der Waals surface area contributed by atoms with Gasteiger partial charge in [-0.15, -0.1) is 0 Å². The highest BCUT2D eigenvalue weighted by Crippen LogP contribution is 2.24. The van der Waals surface area contributed by atoms with E-state index in [0.29, 0.717) is 13.2 Å². The summed E-state index contributed by atoms with van der Waals surface area (Å²) in [6, 6.07) is -0.225. The number of aromatic nitrogens is 3. The molecule has 1 aromatic rings. The minimum Gasteiger partial charge on any atom is -0.375 e. The van der Waals surface area contributed by atoms with Gasteiger partial charge in [-0.1, -0.05) is 0 Å². The van der Waals surface area contributed by atoms with Gasteiger partial charge in [-0.2, -0.15) is 5.10 Å². The summed E-state index contributed by atoms with van der Waals surface area (Å²) in [5.41, 5.74) is 0. The zero-order valence-electron chi connectivity index (χ0n) is 11.7. The summed E-state index contributed by atoms with van der Waals surface area (Å²) in [7, 11) is 0. The smallest absolute Gasteiger partial charge is 0.242 e. The molecule has 20 heavy (non-hydrogen) atoms. The first-order chi connectivity index (χ1) is 9.75. The van der Waals surface area contributed by atoms with Crippen molar-refractivity contribution in [2.45, 2.75) is 37.8 Å². The summed E-state index contributed by atoms with van der Waals surface area (Å²) in [4.78, 5) is 18.8. The molecule has 0 aliphatic carbocycles. The number of aromatic amines is 1. The number of carbonyl (C=O) groups excluding carboxylic acids is 1. The van der Waals surface area contributed by atoms with Gasteiger partial charge in [-0.3, -0.25) is 9.89 Å². The lowest BCUT2D eigenvalue weighted by atomic mass is 9.96. The highest BCUT2D eigenvalue weighted by molar-refractivity contribution is 5.82. The number of piperidine rings is 1. The van der Waals surface area contributed by atoms with E-state index in [9.17, 15) is 4.79 Å². The Hall–Kier alpha value is -1.47. The Kier molecular flexibility index (Phi) is 3.98. The second-order valence-electron chi connectivity index (χ2n) is 5.50. The van der Waals surface area contributed by atoms with Crippen molar-refractivity contribution in [3.63, 3.8) is 0 Å². The lowest BCUT2D eigenvalue weighted by molar-refractivity contribution is -0.140. The first-order valence-electron chi connectivity index (χ1n) is 7.24. The van der Waals surface area contributed by atoms with Crippen LogP contribution in [-0.2, 0) is 9.53 Å². The van der Waals surface area contributed by atoms with E-state index < -0.39 is 0 Å². The van der Waals surface area contributed by atoms with Crippen LogP contribution in [0.4, 0.5) is 0 Å². The van der Waals surface area contributed by atoms with Crippen molar-refractivity contribution in [3.05, 3.63) is 12.2 Å². The molecule has 1 amide bonds. The molecule has 2 aliphatic rings. The fourth-order valence-electron chi connectivity index (χ4n) is 3.02. The van der Waals surface area contributed by atoms with Crippen molar-refractivity contribution < 1.29 is 9.53 Å². The number of carbonyl (C=O) groups is 1. The minimum absolute atomic E-state index is 0.0677. The molecular weight excluding hydrogens is 258 g/mol. The van der Waals surface area contributed by atoms with E-state index >= 15 is 0 Å². The molecule has 0 radical (unpaired) electrons. The summed E-state index contributed by atoms with van der Waals surface area (Å²) in [6.45, 7) is 4.88. The van der Waals surface area contributed by atoms with Gasteiger partial charge in [0.15, 0.2) is 0 Å². The molecule has 0 saturated carbocycles. The fraction of sp³-hybridized carbons (Fsp3) is 0.769. The Balaban J connectivity index is 1.65. The molecule has 3 rings (SSSR count). The molecule has 2 aliphatic heterocycles. The van der Waals surface area contributed by atoms with E-state index in [-0.39, 0.29) is 24.0 Å². The Morgan fingerprint density at radius 2 is 2.45 bits per heavy atom. The number of ether oxygens (including phenoxy) is 1. The summed E-state index contributed by atoms with van der Waals surface area (Å²) >= 11 is 0. The zero-order chi connectivity index (χ0) is 13.9. The largest absolute Gasteiger partial charge is 0.375 e. The highest BCUT2D eigenvalue weighted by Gasteiger charge is 2.34. The van der Waals surface area contributed by atoms with E-state index in [1.165, 1.54) is 6.33 Å². The van der Waals surface area contributed by atoms with Gasteiger partial charge in [0.05, 0.1) is 12.7 Å². The Bertz CT molecular complexity index is 450. The number of hydrogen-bond donors (Lipinski definition) is 2. The van der Waals surface area contributed by atoms with Crippen LogP contribution in [0.5, 0.6) is 0 Å². The zero-order valence-corrected chi connectivity index (χ0v) is 11.7. The summed E-state index contributed by atoms with van der Waals surface area (Å²) < 4.78 is 5.56. The number of likely N-dealkylation sites (tertiary alicyclic amines) is 1. The topological polar surface area (TPSA) is 83.1 Å². The third-order valence-electron chi connectivity index (χ3n) is 4.14. The van der Waals surface area contributed by atoms with Crippen LogP contribution in [0.3, 0.4) is 0 Å². The molecule has 3 heterocycles. The molecule has 2 N–H and O–H groups in total. The van der Waals surface area contributed by atoms with Gasteiger partial charge in [-0.05, 0) is 19.8 Å². The average Bonchev–Trinajstić information content (AvgIpc) is 3.01.